The number of nitrogens with zero attached hydrogens (tertiary/aromatic N) is 1. The minimum Gasteiger partial charge on any atom is -0.396 e. The molecule has 0 amide bonds. The molecule has 0 aromatic heterocycles. The van der Waals surface area contributed by atoms with E-state index in [9.17, 15) is 4.39 Å². The molecule has 1 aromatic rings. The van der Waals surface area contributed by atoms with E-state index < -0.39 is 0 Å². The predicted molar refractivity (Wildman–Crippen MR) is 66.1 cm³/mol. The van der Waals surface area contributed by atoms with Crippen molar-refractivity contribution in [1.82, 2.24) is 4.90 Å². The molecule has 1 aliphatic heterocycles. The van der Waals surface area contributed by atoms with E-state index in [0.717, 1.165) is 18.6 Å². The monoisotopic (exact) mass is 238 g/mol. The lowest BCUT2D eigenvalue weighted by molar-refractivity contribution is 0.0815. The van der Waals surface area contributed by atoms with Crippen LogP contribution in [0.5, 0.6) is 0 Å². The number of para-hydroxylation sites is 1. The van der Waals surface area contributed by atoms with Gasteiger partial charge in [0.25, 0.3) is 0 Å². The number of likely N-dealkylation sites (N-methyl/N-ethyl adjacent to an activating group) is 1. The predicted octanol–water partition coefficient (Wildman–Crippen LogP) is 2.02. The van der Waals surface area contributed by atoms with Crippen LogP contribution in [0.3, 0.4) is 0 Å². The van der Waals surface area contributed by atoms with E-state index in [-0.39, 0.29) is 17.6 Å². The summed E-state index contributed by atoms with van der Waals surface area (Å²) >= 11 is 0. The molecule has 2 unspecified atom stereocenters. The molecule has 3 nitrogen and oxygen atoms in total. The molecule has 0 aliphatic carbocycles. The molecule has 0 radical (unpaired) electrons. The Balaban J connectivity index is 2.07. The minimum atomic E-state index is -0.341. The van der Waals surface area contributed by atoms with Gasteiger partial charge in [-0.2, -0.15) is 0 Å². The zero-order valence-electron chi connectivity index (χ0n) is 10.3. The van der Waals surface area contributed by atoms with Crippen LogP contribution in [-0.2, 0) is 11.3 Å². The maximum Gasteiger partial charge on any atom is 0.146 e. The summed E-state index contributed by atoms with van der Waals surface area (Å²) < 4.78 is 18.8. The Hall–Kier alpha value is -1.13. The van der Waals surface area contributed by atoms with E-state index in [2.05, 4.69) is 11.8 Å². The lowest BCUT2D eigenvalue weighted by Crippen LogP contribution is -2.36. The molecule has 1 aliphatic rings. The van der Waals surface area contributed by atoms with Gasteiger partial charge in [-0.25, -0.2) is 4.39 Å². The fourth-order valence-electron chi connectivity index (χ4n) is 2.40. The Morgan fingerprint density at radius 3 is 2.94 bits per heavy atom. The lowest BCUT2D eigenvalue weighted by atomic mass is 10.1. The van der Waals surface area contributed by atoms with Gasteiger partial charge in [-0.15, -0.1) is 0 Å². The van der Waals surface area contributed by atoms with Crippen molar-refractivity contribution in [2.45, 2.75) is 32.0 Å². The third kappa shape index (κ3) is 2.58. The van der Waals surface area contributed by atoms with Crippen LogP contribution in [-0.4, -0.2) is 30.7 Å². The second kappa shape index (κ2) is 5.02. The Morgan fingerprint density at radius 1 is 1.53 bits per heavy atom. The summed E-state index contributed by atoms with van der Waals surface area (Å²) in [5.74, 6) is -0.341. The number of anilines is 1. The van der Waals surface area contributed by atoms with Crippen LogP contribution in [0.25, 0.3) is 0 Å². The highest BCUT2D eigenvalue weighted by Gasteiger charge is 2.28. The van der Waals surface area contributed by atoms with Crippen LogP contribution >= 0.6 is 0 Å². The van der Waals surface area contributed by atoms with Gasteiger partial charge >= 0.3 is 0 Å². The quantitative estimate of drug-likeness (QED) is 0.819. The fraction of sp³-hybridized carbons (Fsp3) is 0.538. The van der Waals surface area contributed by atoms with Crippen LogP contribution in [0.1, 0.15) is 18.9 Å². The molecular weight excluding hydrogens is 219 g/mol. The van der Waals surface area contributed by atoms with Gasteiger partial charge in [-0.3, -0.25) is 4.90 Å². The Bertz CT molecular complexity index is 397. The van der Waals surface area contributed by atoms with Crippen molar-refractivity contribution >= 4 is 5.69 Å². The molecule has 4 heteroatoms. The SMILES string of the molecule is CC1OCCC1N(C)Cc1cccc(F)c1N. The normalized spacial score (nSPS) is 24.5. The summed E-state index contributed by atoms with van der Waals surface area (Å²) in [6, 6.07) is 5.34. The second-order valence-corrected chi connectivity index (χ2v) is 4.66. The average Bonchev–Trinajstić information content (AvgIpc) is 2.71. The van der Waals surface area contributed by atoms with Crippen molar-refractivity contribution in [3.05, 3.63) is 29.6 Å². The lowest BCUT2D eigenvalue weighted by Gasteiger charge is -2.27. The Morgan fingerprint density at radius 2 is 2.29 bits per heavy atom. The largest absolute Gasteiger partial charge is 0.396 e. The van der Waals surface area contributed by atoms with E-state index in [1.807, 2.05) is 13.1 Å². The van der Waals surface area contributed by atoms with Crippen LogP contribution in [0, 0.1) is 5.82 Å². The Labute approximate surface area is 101 Å². The number of nitrogen functional groups attached to an aromatic ring is 1. The summed E-state index contributed by atoms with van der Waals surface area (Å²) in [5.41, 5.74) is 6.83. The second-order valence-electron chi connectivity index (χ2n) is 4.66. The van der Waals surface area contributed by atoms with E-state index in [1.165, 1.54) is 6.07 Å². The van der Waals surface area contributed by atoms with E-state index in [4.69, 9.17) is 10.5 Å². The average molecular weight is 238 g/mol. The number of rotatable bonds is 3. The van der Waals surface area contributed by atoms with Gasteiger partial charge in [0.1, 0.15) is 5.82 Å². The van der Waals surface area contributed by atoms with Crippen LogP contribution in [0.4, 0.5) is 10.1 Å². The van der Waals surface area contributed by atoms with Crippen molar-refractivity contribution in [2.75, 3.05) is 19.4 Å². The van der Waals surface area contributed by atoms with Crippen molar-refractivity contribution in [1.29, 1.82) is 0 Å². The van der Waals surface area contributed by atoms with Crippen LogP contribution in [0.2, 0.25) is 0 Å². The Kier molecular flexibility index (Phi) is 3.64. The molecule has 2 rings (SSSR count). The number of ether oxygens (including phenoxy) is 1. The first-order valence-electron chi connectivity index (χ1n) is 5.94. The van der Waals surface area contributed by atoms with Crippen molar-refractivity contribution in [3.8, 4) is 0 Å². The third-order valence-corrected chi connectivity index (χ3v) is 3.47. The molecular formula is C13H19FN2O. The molecule has 1 saturated heterocycles. The van der Waals surface area contributed by atoms with Crippen LogP contribution in [0.15, 0.2) is 18.2 Å². The number of hydrogen-bond donors (Lipinski definition) is 1. The zero-order valence-corrected chi connectivity index (χ0v) is 10.3. The summed E-state index contributed by atoms with van der Waals surface area (Å²) in [6.45, 7) is 3.53. The fourth-order valence-corrected chi connectivity index (χ4v) is 2.40. The first-order valence-corrected chi connectivity index (χ1v) is 5.94. The molecule has 1 fully saturated rings. The third-order valence-electron chi connectivity index (χ3n) is 3.47. The number of nitrogens with two attached hydrogens (primary N) is 1. The minimum absolute atomic E-state index is 0.231. The summed E-state index contributed by atoms with van der Waals surface area (Å²) in [6.07, 6.45) is 1.25. The molecule has 0 saturated carbocycles. The van der Waals surface area contributed by atoms with Crippen molar-refractivity contribution in [2.24, 2.45) is 0 Å². The summed E-state index contributed by atoms with van der Waals surface area (Å²) in [5, 5.41) is 0. The molecule has 94 valence electrons. The first kappa shape index (κ1) is 12.3. The first-order chi connectivity index (χ1) is 8.09. The highest BCUT2D eigenvalue weighted by atomic mass is 19.1. The summed E-state index contributed by atoms with van der Waals surface area (Å²) in [7, 11) is 2.03. The molecule has 0 spiro atoms. The van der Waals surface area contributed by atoms with Gasteiger partial charge < -0.3 is 10.5 Å². The van der Waals surface area contributed by atoms with E-state index in [1.54, 1.807) is 6.07 Å². The molecule has 1 heterocycles. The summed E-state index contributed by atoms with van der Waals surface area (Å²) in [4.78, 5) is 2.18. The van der Waals surface area contributed by atoms with Gasteiger partial charge in [-0.1, -0.05) is 12.1 Å². The molecule has 2 N–H and O–H groups in total. The number of halogens is 1. The maximum atomic E-state index is 13.3. The standard InChI is InChI=1S/C13H19FN2O/c1-9-12(6-7-17-9)16(2)8-10-4-3-5-11(14)13(10)15/h3-5,9,12H,6-8,15H2,1-2H3. The van der Waals surface area contributed by atoms with Crippen molar-refractivity contribution < 1.29 is 9.13 Å². The molecule has 0 bridgehead atoms. The maximum absolute atomic E-state index is 13.3. The van der Waals surface area contributed by atoms with Gasteiger partial charge in [0, 0.05) is 19.2 Å². The van der Waals surface area contributed by atoms with E-state index in [0.29, 0.717) is 12.6 Å². The van der Waals surface area contributed by atoms with Crippen molar-refractivity contribution in [3.63, 3.8) is 0 Å². The smallest absolute Gasteiger partial charge is 0.146 e. The zero-order chi connectivity index (χ0) is 12.4. The number of benzene rings is 1. The molecule has 17 heavy (non-hydrogen) atoms. The van der Waals surface area contributed by atoms with Crippen LogP contribution < -0.4 is 5.73 Å². The van der Waals surface area contributed by atoms with Gasteiger partial charge in [-0.05, 0) is 32.0 Å². The van der Waals surface area contributed by atoms with Gasteiger partial charge in [0.2, 0.25) is 0 Å². The molecule has 2 atom stereocenters. The number of hydrogen-bond acceptors (Lipinski definition) is 3. The van der Waals surface area contributed by atoms with E-state index >= 15 is 0 Å². The highest BCUT2D eigenvalue weighted by molar-refractivity contribution is 5.47. The molecule has 1 aromatic carbocycles. The van der Waals surface area contributed by atoms with Gasteiger partial charge in [0.15, 0.2) is 0 Å². The van der Waals surface area contributed by atoms with Gasteiger partial charge in [0.05, 0.1) is 11.8 Å². The topological polar surface area (TPSA) is 38.5 Å². The highest BCUT2D eigenvalue weighted by Crippen LogP contribution is 2.23.